The van der Waals surface area contributed by atoms with Crippen LogP contribution >= 0.6 is 12.4 Å². The van der Waals surface area contributed by atoms with Gasteiger partial charge in [0.05, 0.1) is 6.04 Å². The van der Waals surface area contributed by atoms with Crippen LogP contribution in [0.15, 0.2) is 34.7 Å². The number of hydrogen-bond acceptors (Lipinski definition) is 3. The summed E-state index contributed by atoms with van der Waals surface area (Å²) in [6, 6.07) is 9.86. The Morgan fingerprint density at radius 3 is 2.76 bits per heavy atom. The Morgan fingerprint density at radius 1 is 1.38 bits per heavy atom. The molecule has 0 aliphatic heterocycles. The summed E-state index contributed by atoms with van der Waals surface area (Å²) in [6.07, 6.45) is 1.41. The van der Waals surface area contributed by atoms with Crippen LogP contribution in [0.4, 0.5) is 0 Å². The fraction of sp³-hybridized carbons (Fsp3) is 0.438. The van der Waals surface area contributed by atoms with Gasteiger partial charge in [-0.1, -0.05) is 18.2 Å². The van der Waals surface area contributed by atoms with Gasteiger partial charge in [0, 0.05) is 18.9 Å². The molecule has 1 heterocycles. The minimum Gasteiger partial charge on any atom is -0.459 e. The van der Waals surface area contributed by atoms with Crippen LogP contribution in [0.3, 0.4) is 0 Å². The summed E-state index contributed by atoms with van der Waals surface area (Å²) in [6.45, 7) is 2.85. The zero-order chi connectivity index (χ0) is 14.5. The minimum atomic E-state index is -0.0514. The molecule has 0 bridgehead atoms. The van der Waals surface area contributed by atoms with Crippen molar-refractivity contribution < 1.29 is 9.21 Å². The Morgan fingerprint density at radius 2 is 2.10 bits per heavy atom. The highest BCUT2D eigenvalue weighted by atomic mass is 35.5. The van der Waals surface area contributed by atoms with E-state index in [1.807, 2.05) is 51.4 Å². The van der Waals surface area contributed by atoms with E-state index in [9.17, 15) is 4.79 Å². The highest BCUT2D eigenvalue weighted by molar-refractivity contribution is 5.85. The number of nitrogens with one attached hydrogen (secondary N) is 1. The van der Waals surface area contributed by atoms with E-state index < -0.39 is 0 Å². The van der Waals surface area contributed by atoms with Gasteiger partial charge in [0.1, 0.15) is 11.3 Å². The standard InChI is InChI=1S/C16H22N2O2.ClH/c1-12(18(3)16(19)9-6-10-17-2)15-11-13-7-4-5-8-14(13)20-15;/h4-5,7-8,11-12,17H,6,9-10H2,1-3H3;1H. The molecule has 0 aliphatic rings. The Hall–Kier alpha value is -1.52. The second-order valence-corrected chi connectivity index (χ2v) is 5.07. The van der Waals surface area contributed by atoms with Crippen LogP contribution in [0, 0.1) is 0 Å². The van der Waals surface area contributed by atoms with E-state index in [-0.39, 0.29) is 24.4 Å². The third kappa shape index (κ3) is 4.22. The average molecular weight is 311 g/mol. The number of rotatable bonds is 6. The zero-order valence-electron chi connectivity index (χ0n) is 12.8. The van der Waals surface area contributed by atoms with Gasteiger partial charge in [-0.05, 0) is 39.1 Å². The molecule has 4 nitrogen and oxygen atoms in total. The summed E-state index contributed by atoms with van der Waals surface area (Å²) in [5.74, 6) is 0.976. The number of carbonyl (C=O) groups excluding carboxylic acids is 1. The van der Waals surface area contributed by atoms with Crippen molar-refractivity contribution in [3.63, 3.8) is 0 Å². The van der Waals surface area contributed by atoms with E-state index in [1.165, 1.54) is 0 Å². The molecule has 1 N–H and O–H groups in total. The lowest BCUT2D eigenvalue weighted by Gasteiger charge is -2.23. The molecule has 1 amide bonds. The Labute approximate surface area is 131 Å². The summed E-state index contributed by atoms with van der Waals surface area (Å²) >= 11 is 0. The molecule has 0 fully saturated rings. The highest BCUT2D eigenvalue weighted by Crippen LogP contribution is 2.26. The van der Waals surface area contributed by atoms with Crippen LogP contribution < -0.4 is 5.32 Å². The van der Waals surface area contributed by atoms with E-state index in [4.69, 9.17) is 4.42 Å². The molecule has 2 aromatic rings. The van der Waals surface area contributed by atoms with E-state index in [0.29, 0.717) is 6.42 Å². The van der Waals surface area contributed by atoms with Crippen LogP contribution in [0.25, 0.3) is 11.0 Å². The molecule has 0 aliphatic carbocycles. The molecule has 2 rings (SSSR count). The maximum Gasteiger partial charge on any atom is 0.222 e. The minimum absolute atomic E-state index is 0. The maximum absolute atomic E-state index is 12.1. The van der Waals surface area contributed by atoms with Gasteiger partial charge in [0.15, 0.2) is 0 Å². The van der Waals surface area contributed by atoms with Crippen LogP contribution in [0.1, 0.15) is 31.6 Å². The fourth-order valence-electron chi connectivity index (χ4n) is 2.21. The number of amides is 1. The number of nitrogens with zero attached hydrogens (tertiary/aromatic N) is 1. The molecule has 21 heavy (non-hydrogen) atoms. The molecule has 1 atom stereocenters. The molecular weight excluding hydrogens is 288 g/mol. The summed E-state index contributed by atoms with van der Waals surface area (Å²) in [7, 11) is 3.73. The van der Waals surface area contributed by atoms with Gasteiger partial charge in [-0.25, -0.2) is 0 Å². The van der Waals surface area contributed by atoms with Crippen molar-refractivity contribution in [3.8, 4) is 0 Å². The first-order chi connectivity index (χ1) is 9.63. The number of hydrogen-bond donors (Lipinski definition) is 1. The van der Waals surface area contributed by atoms with Crippen molar-refractivity contribution in [2.24, 2.45) is 0 Å². The van der Waals surface area contributed by atoms with Crippen molar-refractivity contribution >= 4 is 29.3 Å². The Kier molecular flexibility index (Phi) is 6.72. The topological polar surface area (TPSA) is 45.5 Å². The quantitative estimate of drug-likeness (QED) is 0.832. The maximum atomic E-state index is 12.1. The lowest BCUT2D eigenvalue weighted by Crippen LogP contribution is -2.29. The summed E-state index contributed by atoms with van der Waals surface area (Å²) in [5, 5.41) is 4.13. The SMILES string of the molecule is CNCCCC(=O)N(C)C(C)c1cc2ccccc2o1.Cl. The van der Waals surface area contributed by atoms with Gasteiger partial charge < -0.3 is 14.6 Å². The predicted octanol–water partition coefficient (Wildman–Crippen LogP) is 3.37. The van der Waals surface area contributed by atoms with Crippen LogP contribution in [0.5, 0.6) is 0 Å². The van der Waals surface area contributed by atoms with Crippen molar-refractivity contribution in [1.82, 2.24) is 10.2 Å². The smallest absolute Gasteiger partial charge is 0.222 e. The van der Waals surface area contributed by atoms with E-state index in [1.54, 1.807) is 4.90 Å². The number of para-hydroxylation sites is 1. The summed E-state index contributed by atoms with van der Waals surface area (Å²) < 4.78 is 5.82. The first-order valence-corrected chi connectivity index (χ1v) is 7.02. The molecule has 116 valence electrons. The van der Waals surface area contributed by atoms with Gasteiger partial charge >= 0.3 is 0 Å². The summed E-state index contributed by atoms with van der Waals surface area (Å²) in [4.78, 5) is 13.9. The van der Waals surface area contributed by atoms with Gasteiger partial charge in [-0.3, -0.25) is 4.79 Å². The van der Waals surface area contributed by atoms with Gasteiger partial charge in [-0.15, -0.1) is 12.4 Å². The second-order valence-electron chi connectivity index (χ2n) is 5.07. The molecule has 1 aromatic heterocycles. The zero-order valence-corrected chi connectivity index (χ0v) is 13.6. The van der Waals surface area contributed by atoms with E-state index in [2.05, 4.69) is 5.32 Å². The third-order valence-electron chi connectivity index (χ3n) is 3.65. The van der Waals surface area contributed by atoms with Gasteiger partial charge in [0.25, 0.3) is 0 Å². The van der Waals surface area contributed by atoms with Crippen LogP contribution in [-0.4, -0.2) is 31.4 Å². The van der Waals surface area contributed by atoms with Crippen LogP contribution in [-0.2, 0) is 4.79 Å². The third-order valence-corrected chi connectivity index (χ3v) is 3.65. The fourth-order valence-corrected chi connectivity index (χ4v) is 2.21. The molecule has 1 unspecified atom stereocenters. The number of carbonyl (C=O) groups is 1. The normalized spacial score (nSPS) is 12.0. The number of benzene rings is 1. The molecule has 0 spiro atoms. The largest absolute Gasteiger partial charge is 0.459 e. The predicted molar refractivity (Wildman–Crippen MR) is 87.8 cm³/mol. The first-order valence-electron chi connectivity index (χ1n) is 7.02. The average Bonchev–Trinajstić information content (AvgIpc) is 2.89. The molecule has 0 saturated carbocycles. The Balaban J connectivity index is 0.00000220. The van der Waals surface area contributed by atoms with Gasteiger partial charge in [-0.2, -0.15) is 0 Å². The van der Waals surface area contributed by atoms with E-state index in [0.717, 1.165) is 29.7 Å². The molecule has 1 aromatic carbocycles. The lowest BCUT2D eigenvalue weighted by atomic mass is 10.2. The number of furan rings is 1. The molecule has 0 saturated heterocycles. The number of halogens is 1. The lowest BCUT2D eigenvalue weighted by molar-refractivity contribution is -0.132. The summed E-state index contributed by atoms with van der Waals surface area (Å²) in [5.41, 5.74) is 0.866. The van der Waals surface area contributed by atoms with Crippen molar-refractivity contribution in [3.05, 3.63) is 36.1 Å². The number of fused-ring (bicyclic) bond motifs is 1. The molecular formula is C16H23ClN2O2. The Bertz CT molecular complexity index is 549. The highest BCUT2D eigenvalue weighted by Gasteiger charge is 2.20. The van der Waals surface area contributed by atoms with Crippen molar-refractivity contribution in [2.75, 3.05) is 20.6 Å². The molecule has 0 radical (unpaired) electrons. The first kappa shape index (κ1) is 17.5. The van der Waals surface area contributed by atoms with Crippen LogP contribution in [0.2, 0.25) is 0 Å². The monoisotopic (exact) mass is 310 g/mol. The van der Waals surface area contributed by atoms with Crippen molar-refractivity contribution in [1.29, 1.82) is 0 Å². The van der Waals surface area contributed by atoms with Crippen molar-refractivity contribution in [2.45, 2.75) is 25.8 Å². The second kappa shape index (κ2) is 8.05. The van der Waals surface area contributed by atoms with Gasteiger partial charge in [0.2, 0.25) is 5.91 Å². The van der Waals surface area contributed by atoms with E-state index >= 15 is 0 Å². The molecule has 5 heteroatoms.